The van der Waals surface area contributed by atoms with E-state index in [4.69, 9.17) is 5.73 Å². The molecule has 0 aromatic carbocycles. The number of aromatic nitrogens is 2. The second kappa shape index (κ2) is 5.01. The average Bonchev–Trinajstić information content (AvgIpc) is 2.53. The number of carbonyl (C=O) groups excluding carboxylic acids is 1. The van der Waals surface area contributed by atoms with Gasteiger partial charge in [-0.1, -0.05) is 13.8 Å². The molecular formula is C11H20N4O. The lowest BCUT2D eigenvalue weighted by Crippen LogP contribution is -2.29. The summed E-state index contributed by atoms with van der Waals surface area (Å²) in [6.45, 7) is 4.74. The quantitative estimate of drug-likeness (QED) is 0.831. The van der Waals surface area contributed by atoms with Gasteiger partial charge in [0.1, 0.15) is 5.69 Å². The molecule has 1 heterocycles. The van der Waals surface area contributed by atoms with Crippen LogP contribution in [0.1, 0.15) is 36.5 Å². The summed E-state index contributed by atoms with van der Waals surface area (Å²) >= 11 is 0. The van der Waals surface area contributed by atoms with Crippen molar-refractivity contribution < 1.29 is 4.79 Å². The molecule has 1 aromatic heterocycles. The molecule has 5 nitrogen and oxygen atoms in total. The number of nitrogen functional groups attached to an aromatic ring is 1. The van der Waals surface area contributed by atoms with E-state index in [2.05, 4.69) is 5.10 Å². The summed E-state index contributed by atoms with van der Waals surface area (Å²) in [4.78, 5) is 13.8. The normalized spacial score (nSPS) is 10.5. The smallest absolute Gasteiger partial charge is 0.274 e. The highest BCUT2D eigenvalue weighted by Gasteiger charge is 2.21. The van der Waals surface area contributed by atoms with Crippen LogP contribution in [0.25, 0.3) is 0 Å². The summed E-state index contributed by atoms with van der Waals surface area (Å²) in [7, 11) is 3.53. The molecule has 1 rings (SSSR count). The maximum Gasteiger partial charge on any atom is 0.274 e. The molecule has 90 valence electrons. The fourth-order valence-corrected chi connectivity index (χ4v) is 1.73. The van der Waals surface area contributed by atoms with Crippen molar-refractivity contribution in [3.63, 3.8) is 0 Å². The number of carbonyl (C=O) groups is 1. The molecule has 1 amide bonds. The van der Waals surface area contributed by atoms with Gasteiger partial charge in [0.2, 0.25) is 0 Å². The Bertz CT molecular complexity index is 384. The number of aryl methyl sites for hydroxylation is 2. The predicted molar refractivity (Wildman–Crippen MR) is 64.2 cm³/mol. The van der Waals surface area contributed by atoms with E-state index in [1.807, 2.05) is 13.8 Å². The van der Waals surface area contributed by atoms with Crippen LogP contribution in [0.15, 0.2) is 0 Å². The van der Waals surface area contributed by atoms with Crippen molar-refractivity contribution in [3.8, 4) is 0 Å². The van der Waals surface area contributed by atoms with Gasteiger partial charge >= 0.3 is 0 Å². The van der Waals surface area contributed by atoms with Crippen LogP contribution in [-0.2, 0) is 13.5 Å². The molecule has 0 saturated carbocycles. The van der Waals surface area contributed by atoms with Crippen molar-refractivity contribution >= 4 is 11.6 Å². The molecule has 0 fully saturated rings. The van der Waals surface area contributed by atoms with Crippen molar-refractivity contribution in [2.45, 2.75) is 26.7 Å². The minimum atomic E-state index is -0.0611. The third-order valence-electron chi connectivity index (χ3n) is 2.60. The summed E-state index contributed by atoms with van der Waals surface area (Å²) in [6.07, 6.45) is 1.67. The van der Waals surface area contributed by atoms with Gasteiger partial charge in [-0.15, -0.1) is 0 Å². The zero-order valence-corrected chi connectivity index (χ0v) is 10.4. The SMILES string of the molecule is CCCN(C)C(=O)c1c(N)c(CC)nn1C. The second-order valence-electron chi connectivity index (χ2n) is 3.91. The Morgan fingerprint density at radius 3 is 2.56 bits per heavy atom. The van der Waals surface area contributed by atoms with Gasteiger partial charge in [-0.05, 0) is 12.8 Å². The van der Waals surface area contributed by atoms with Crippen molar-refractivity contribution in [1.82, 2.24) is 14.7 Å². The van der Waals surface area contributed by atoms with Crippen LogP contribution >= 0.6 is 0 Å². The van der Waals surface area contributed by atoms with Gasteiger partial charge in [-0.3, -0.25) is 9.48 Å². The molecule has 0 bridgehead atoms. The standard InChI is InChI=1S/C11H20N4O/c1-5-7-14(3)11(16)10-9(12)8(6-2)13-15(10)4/h5-7,12H2,1-4H3. The molecule has 0 spiro atoms. The molecule has 0 aliphatic heterocycles. The van der Waals surface area contributed by atoms with Crippen LogP contribution in [0.3, 0.4) is 0 Å². The third kappa shape index (κ3) is 2.18. The maximum absolute atomic E-state index is 12.1. The second-order valence-corrected chi connectivity index (χ2v) is 3.91. The molecule has 0 radical (unpaired) electrons. The average molecular weight is 224 g/mol. The van der Waals surface area contributed by atoms with Gasteiger partial charge in [-0.25, -0.2) is 0 Å². The Kier molecular flexibility index (Phi) is 3.93. The zero-order valence-electron chi connectivity index (χ0n) is 10.4. The number of rotatable bonds is 4. The first kappa shape index (κ1) is 12.5. The third-order valence-corrected chi connectivity index (χ3v) is 2.60. The van der Waals surface area contributed by atoms with Crippen LogP contribution in [0.2, 0.25) is 0 Å². The van der Waals surface area contributed by atoms with E-state index >= 15 is 0 Å². The van der Waals surface area contributed by atoms with E-state index in [1.54, 1.807) is 23.7 Å². The molecule has 0 aliphatic rings. The van der Waals surface area contributed by atoms with Gasteiger partial charge < -0.3 is 10.6 Å². The van der Waals surface area contributed by atoms with Crippen molar-refractivity contribution in [2.24, 2.45) is 7.05 Å². The molecule has 0 unspecified atom stereocenters. The van der Waals surface area contributed by atoms with Gasteiger partial charge in [0.15, 0.2) is 0 Å². The van der Waals surface area contributed by atoms with Crippen LogP contribution in [0.4, 0.5) is 5.69 Å². The molecule has 1 aromatic rings. The van der Waals surface area contributed by atoms with Gasteiger partial charge in [0.05, 0.1) is 11.4 Å². The van der Waals surface area contributed by atoms with Crippen molar-refractivity contribution in [1.29, 1.82) is 0 Å². The van der Waals surface area contributed by atoms with E-state index in [-0.39, 0.29) is 5.91 Å². The molecule has 2 N–H and O–H groups in total. The molecular weight excluding hydrogens is 204 g/mol. The summed E-state index contributed by atoms with van der Waals surface area (Å²) in [6, 6.07) is 0. The molecule has 0 atom stereocenters. The summed E-state index contributed by atoms with van der Waals surface area (Å²) in [5.74, 6) is -0.0611. The Hall–Kier alpha value is -1.52. The summed E-state index contributed by atoms with van der Waals surface area (Å²) in [5, 5.41) is 4.24. The minimum absolute atomic E-state index is 0.0611. The highest BCUT2D eigenvalue weighted by molar-refractivity contribution is 5.97. The number of hydrogen-bond acceptors (Lipinski definition) is 3. The highest BCUT2D eigenvalue weighted by Crippen LogP contribution is 2.18. The van der Waals surface area contributed by atoms with E-state index in [0.717, 1.165) is 25.1 Å². The molecule has 16 heavy (non-hydrogen) atoms. The van der Waals surface area contributed by atoms with E-state index in [0.29, 0.717) is 11.4 Å². The number of hydrogen-bond donors (Lipinski definition) is 1. The van der Waals surface area contributed by atoms with E-state index in [9.17, 15) is 4.79 Å². The number of nitrogens with two attached hydrogens (primary N) is 1. The Labute approximate surface area is 96.2 Å². The Balaban J connectivity index is 3.03. The Morgan fingerprint density at radius 2 is 2.12 bits per heavy atom. The molecule has 0 aliphatic carbocycles. The van der Waals surface area contributed by atoms with Crippen molar-refractivity contribution in [3.05, 3.63) is 11.4 Å². The minimum Gasteiger partial charge on any atom is -0.395 e. The van der Waals surface area contributed by atoms with E-state index < -0.39 is 0 Å². The van der Waals surface area contributed by atoms with Crippen LogP contribution in [0, 0.1) is 0 Å². The maximum atomic E-state index is 12.1. The first-order valence-electron chi connectivity index (χ1n) is 5.59. The molecule has 0 saturated heterocycles. The lowest BCUT2D eigenvalue weighted by molar-refractivity contribution is 0.0785. The summed E-state index contributed by atoms with van der Waals surface area (Å²) < 4.78 is 1.57. The largest absolute Gasteiger partial charge is 0.395 e. The van der Waals surface area contributed by atoms with Crippen LogP contribution in [0.5, 0.6) is 0 Å². The first-order chi connectivity index (χ1) is 7.52. The lowest BCUT2D eigenvalue weighted by Gasteiger charge is -2.16. The predicted octanol–water partition coefficient (Wildman–Crippen LogP) is 1.05. The van der Waals surface area contributed by atoms with Gasteiger partial charge in [0, 0.05) is 20.6 Å². The summed E-state index contributed by atoms with van der Waals surface area (Å²) in [5.41, 5.74) is 7.71. The van der Waals surface area contributed by atoms with Crippen molar-refractivity contribution in [2.75, 3.05) is 19.3 Å². The van der Waals surface area contributed by atoms with Gasteiger partial charge in [-0.2, -0.15) is 5.10 Å². The first-order valence-corrected chi connectivity index (χ1v) is 5.59. The highest BCUT2D eigenvalue weighted by atomic mass is 16.2. The van der Waals surface area contributed by atoms with Crippen LogP contribution in [-0.4, -0.2) is 34.2 Å². The Morgan fingerprint density at radius 1 is 1.50 bits per heavy atom. The fraction of sp³-hybridized carbons (Fsp3) is 0.636. The zero-order chi connectivity index (χ0) is 12.3. The van der Waals surface area contributed by atoms with E-state index in [1.165, 1.54) is 0 Å². The van der Waals surface area contributed by atoms with Crippen LogP contribution < -0.4 is 5.73 Å². The number of nitrogens with zero attached hydrogens (tertiary/aromatic N) is 3. The van der Waals surface area contributed by atoms with Gasteiger partial charge in [0.25, 0.3) is 5.91 Å². The monoisotopic (exact) mass is 224 g/mol. The molecule has 5 heteroatoms. The number of anilines is 1. The fourth-order valence-electron chi connectivity index (χ4n) is 1.73. The topological polar surface area (TPSA) is 64.2 Å². The number of amides is 1. The lowest BCUT2D eigenvalue weighted by atomic mass is 10.2.